The average molecular weight is 295 g/mol. The maximum atomic E-state index is 12.1. The van der Waals surface area contributed by atoms with E-state index in [0.717, 1.165) is 17.5 Å². The second kappa shape index (κ2) is 5.39. The molecule has 0 amide bonds. The van der Waals surface area contributed by atoms with Crippen LogP contribution in [0.4, 0.5) is 0 Å². The van der Waals surface area contributed by atoms with E-state index >= 15 is 0 Å². The Kier molecular flexibility index (Phi) is 3.57. The summed E-state index contributed by atoms with van der Waals surface area (Å²) < 4.78 is 0. The van der Waals surface area contributed by atoms with Crippen LogP contribution >= 0.6 is 11.6 Å². The van der Waals surface area contributed by atoms with Crippen molar-refractivity contribution in [3.63, 3.8) is 0 Å². The van der Waals surface area contributed by atoms with E-state index in [1.165, 1.54) is 0 Å². The largest absolute Gasteiger partial charge is 0.298 e. The molecule has 1 aliphatic carbocycles. The first kappa shape index (κ1) is 13.9. The van der Waals surface area contributed by atoms with Gasteiger partial charge in [-0.05, 0) is 43.2 Å². The lowest BCUT2D eigenvalue weighted by atomic mass is 9.95. The SMILES string of the molecule is CC(=O)[C@]1(C#Cc2ccccc2)C[C@H]1c1ccc(Cl)cc1. The molecule has 0 saturated heterocycles. The van der Waals surface area contributed by atoms with Crippen molar-refractivity contribution >= 4 is 17.4 Å². The second-order valence-electron chi connectivity index (χ2n) is 5.45. The van der Waals surface area contributed by atoms with Crippen LogP contribution in [0.25, 0.3) is 0 Å². The van der Waals surface area contributed by atoms with Gasteiger partial charge in [0, 0.05) is 16.5 Å². The summed E-state index contributed by atoms with van der Waals surface area (Å²) in [5.74, 6) is 6.69. The third-order valence-corrected chi connectivity index (χ3v) is 4.32. The van der Waals surface area contributed by atoms with E-state index in [0.29, 0.717) is 5.02 Å². The van der Waals surface area contributed by atoms with Gasteiger partial charge in [0.1, 0.15) is 5.78 Å². The van der Waals surface area contributed by atoms with Crippen LogP contribution < -0.4 is 0 Å². The van der Waals surface area contributed by atoms with Crippen molar-refractivity contribution < 1.29 is 4.79 Å². The molecule has 1 nitrogen and oxygen atoms in total. The zero-order valence-corrected chi connectivity index (χ0v) is 12.5. The summed E-state index contributed by atoms with van der Waals surface area (Å²) in [5, 5.41) is 0.711. The molecule has 104 valence electrons. The molecule has 0 N–H and O–H groups in total. The number of Topliss-reactive ketones (excluding diaryl/α,β-unsaturated/α-hetero) is 1. The van der Waals surface area contributed by atoms with Gasteiger partial charge in [-0.1, -0.05) is 53.8 Å². The third-order valence-electron chi connectivity index (χ3n) is 4.07. The number of hydrogen-bond donors (Lipinski definition) is 0. The van der Waals surface area contributed by atoms with E-state index in [4.69, 9.17) is 11.6 Å². The van der Waals surface area contributed by atoms with Gasteiger partial charge in [-0.2, -0.15) is 0 Å². The molecule has 0 aliphatic heterocycles. The highest BCUT2D eigenvalue weighted by Gasteiger charge is 2.57. The highest BCUT2D eigenvalue weighted by Crippen LogP contribution is 2.59. The monoisotopic (exact) mass is 294 g/mol. The van der Waals surface area contributed by atoms with Gasteiger partial charge in [0.05, 0.1) is 5.41 Å². The van der Waals surface area contributed by atoms with E-state index in [9.17, 15) is 4.79 Å². The average Bonchev–Trinajstić information content (AvgIpc) is 3.23. The summed E-state index contributed by atoms with van der Waals surface area (Å²) in [6.07, 6.45) is 0.795. The molecule has 21 heavy (non-hydrogen) atoms. The Bertz CT molecular complexity index is 722. The Morgan fingerprint density at radius 1 is 1.14 bits per heavy atom. The van der Waals surface area contributed by atoms with E-state index in [1.807, 2.05) is 54.6 Å². The van der Waals surface area contributed by atoms with Crippen LogP contribution in [0.1, 0.15) is 30.4 Å². The molecule has 1 fully saturated rings. The quantitative estimate of drug-likeness (QED) is 0.748. The van der Waals surface area contributed by atoms with Crippen LogP contribution in [0.5, 0.6) is 0 Å². The zero-order chi connectivity index (χ0) is 14.9. The highest BCUT2D eigenvalue weighted by molar-refractivity contribution is 6.30. The standard InChI is InChI=1S/C19H15ClO/c1-14(21)19(12-11-15-5-3-2-4-6-15)13-18(19)16-7-9-17(20)10-8-16/h2-10,18H,13H2,1H3/t18-,19-/m0/s1. The molecule has 0 unspecified atom stereocenters. The molecule has 1 saturated carbocycles. The fraction of sp³-hybridized carbons (Fsp3) is 0.211. The van der Waals surface area contributed by atoms with Crippen LogP contribution in [0.2, 0.25) is 5.02 Å². The van der Waals surface area contributed by atoms with Gasteiger partial charge in [0.2, 0.25) is 0 Å². The summed E-state index contributed by atoms with van der Waals surface area (Å²) in [4.78, 5) is 12.1. The summed E-state index contributed by atoms with van der Waals surface area (Å²) >= 11 is 5.92. The molecular formula is C19H15ClO. The number of halogens is 1. The maximum Gasteiger partial charge on any atom is 0.148 e. The summed E-state index contributed by atoms with van der Waals surface area (Å²) in [7, 11) is 0. The minimum Gasteiger partial charge on any atom is -0.298 e. The second-order valence-corrected chi connectivity index (χ2v) is 5.89. The predicted molar refractivity (Wildman–Crippen MR) is 85.2 cm³/mol. The first-order chi connectivity index (χ1) is 10.1. The molecule has 0 heterocycles. The molecule has 0 bridgehead atoms. The van der Waals surface area contributed by atoms with Crippen molar-refractivity contribution in [2.24, 2.45) is 5.41 Å². The normalized spacial score (nSPS) is 23.0. The smallest absolute Gasteiger partial charge is 0.148 e. The Hall–Kier alpha value is -2.04. The number of benzene rings is 2. The lowest BCUT2D eigenvalue weighted by Crippen LogP contribution is -2.12. The topological polar surface area (TPSA) is 17.1 Å². The van der Waals surface area contributed by atoms with Crippen LogP contribution in [-0.4, -0.2) is 5.78 Å². The van der Waals surface area contributed by atoms with Gasteiger partial charge in [-0.3, -0.25) is 4.79 Å². The molecule has 0 spiro atoms. The summed E-state index contributed by atoms with van der Waals surface area (Å²) in [5.41, 5.74) is 1.56. The van der Waals surface area contributed by atoms with Crippen molar-refractivity contribution in [1.29, 1.82) is 0 Å². The Morgan fingerprint density at radius 2 is 1.81 bits per heavy atom. The van der Waals surface area contributed by atoms with Crippen LogP contribution in [0.3, 0.4) is 0 Å². The minimum atomic E-state index is -0.524. The van der Waals surface area contributed by atoms with Crippen molar-refractivity contribution in [2.45, 2.75) is 19.3 Å². The van der Waals surface area contributed by atoms with E-state index < -0.39 is 5.41 Å². The van der Waals surface area contributed by atoms with Crippen LogP contribution in [0, 0.1) is 17.3 Å². The molecule has 0 radical (unpaired) electrons. The summed E-state index contributed by atoms with van der Waals surface area (Å²) in [6.45, 7) is 1.63. The molecular weight excluding hydrogens is 280 g/mol. The lowest BCUT2D eigenvalue weighted by Gasteiger charge is -2.06. The Morgan fingerprint density at radius 3 is 2.43 bits per heavy atom. The molecule has 2 heteroatoms. The molecule has 2 aromatic rings. The van der Waals surface area contributed by atoms with Crippen molar-refractivity contribution in [3.8, 4) is 11.8 Å². The molecule has 2 atom stereocenters. The zero-order valence-electron chi connectivity index (χ0n) is 11.8. The van der Waals surface area contributed by atoms with Crippen molar-refractivity contribution in [3.05, 3.63) is 70.7 Å². The minimum absolute atomic E-state index is 0.144. The van der Waals surface area contributed by atoms with Gasteiger partial charge >= 0.3 is 0 Å². The highest BCUT2D eigenvalue weighted by atomic mass is 35.5. The van der Waals surface area contributed by atoms with Gasteiger partial charge in [0.25, 0.3) is 0 Å². The first-order valence-corrected chi connectivity index (χ1v) is 7.34. The third kappa shape index (κ3) is 2.73. The predicted octanol–water partition coefficient (Wildman–Crippen LogP) is 4.45. The van der Waals surface area contributed by atoms with Gasteiger partial charge in [-0.25, -0.2) is 0 Å². The lowest BCUT2D eigenvalue weighted by molar-refractivity contribution is -0.120. The molecule has 3 rings (SSSR count). The van der Waals surface area contributed by atoms with Gasteiger partial charge in [-0.15, -0.1) is 0 Å². The van der Waals surface area contributed by atoms with Crippen molar-refractivity contribution in [2.75, 3.05) is 0 Å². The van der Waals surface area contributed by atoms with E-state index in [-0.39, 0.29) is 11.7 Å². The van der Waals surface area contributed by atoms with Crippen LogP contribution in [-0.2, 0) is 4.79 Å². The van der Waals surface area contributed by atoms with Gasteiger partial charge < -0.3 is 0 Å². The maximum absolute atomic E-state index is 12.1. The number of rotatable bonds is 2. The van der Waals surface area contributed by atoms with E-state index in [2.05, 4.69) is 11.8 Å². The number of carbonyl (C=O) groups excluding carboxylic acids is 1. The molecule has 2 aromatic carbocycles. The fourth-order valence-electron chi connectivity index (χ4n) is 2.68. The fourth-order valence-corrected chi connectivity index (χ4v) is 2.81. The Balaban J connectivity index is 1.89. The van der Waals surface area contributed by atoms with Crippen LogP contribution in [0.15, 0.2) is 54.6 Å². The van der Waals surface area contributed by atoms with Crippen molar-refractivity contribution in [1.82, 2.24) is 0 Å². The number of carbonyl (C=O) groups is 1. The van der Waals surface area contributed by atoms with Gasteiger partial charge in [0.15, 0.2) is 0 Å². The molecule has 0 aromatic heterocycles. The van der Waals surface area contributed by atoms with E-state index in [1.54, 1.807) is 6.92 Å². The number of hydrogen-bond acceptors (Lipinski definition) is 1. The summed E-state index contributed by atoms with van der Waals surface area (Å²) in [6, 6.07) is 17.5. The molecule has 1 aliphatic rings. The Labute approximate surface area is 130 Å². The number of ketones is 1. The first-order valence-electron chi connectivity index (χ1n) is 6.96.